The molecular formula is C8H4I2O2S2. The molecule has 0 aliphatic rings. The van der Waals surface area contributed by atoms with Gasteiger partial charge >= 0.3 is 0 Å². The lowest BCUT2D eigenvalue weighted by molar-refractivity contribution is 0.560. The van der Waals surface area contributed by atoms with Gasteiger partial charge in [-0.05, 0) is 66.8 Å². The van der Waals surface area contributed by atoms with Crippen LogP contribution >= 0.6 is 66.8 Å². The molecule has 0 unspecified atom stereocenters. The van der Waals surface area contributed by atoms with Crippen molar-refractivity contribution in [2.75, 3.05) is 0 Å². The Morgan fingerprint density at radius 2 is 1.21 bits per heavy atom. The van der Waals surface area contributed by atoms with Crippen molar-refractivity contribution >= 4 is 66.8 Å². The summed E-state index contributed by atoms with van der Waals surface area (Å²) in [5.41, 5.74) is 0. The number of hydrogen-bond acceptors (Lipinski definition) is 4. The average molecular weight is 450 g/mol. The minimum atomic E-state index is 1.14. The molecule has 0 N–H and O–H groups in total. The highest BCUT2D eigenvalue weighted by atomic mass is 127. The summed E-state index contributed by atoms with van der Waals surface area (Å²) in [6.45, 7) is 0. The Balaban J connectivity index is 2.02. The van der Waals surface area contributed by atoms with Crippen molar-refractivity contribution in [3.8, 4) is 0 Å². The molecule has 74 valence electrons. The van der Waals surface area contributed by atoms with Crippen LogP contribution in [0.25, 0.3) is 0 Å². The van der Waals surface area contributed by atoms with E-state index >= 15 is 0 Å². The minimum absolute atomic E-state index is 1.14. The lowest BCUT2D eigenvalue weighted by Gasteiger charge is -1.95. The van der Waals surface area contributed by atoms with Gasteiger partial charge in [-0.2, -0.15) is 0 Å². The Kier molecular flexibility index (Phi) is 4.14. The van der Waals surface area contributed by atoms with Crippen molar-refractivity contribution in [2.45, 2.75) is 9.79 Å². The molecule has 0 spiro atoms. The first-order chi connectivity index (χ1) is 6.77. The highest BCUT2D eigenvalue weighted by Crippen LogP contribution is 2.41. The number of furan rings is 2. The number of hydrogen-bond donors (Lipinski definition) is 0. The van der Waals surface area contributed by atoms with Gasteiger partial charge in [0.25, 0.3) is 0 Å². The Hall–Kier alpha value is 0.720. The van der Waals surface area contributed by atoms with E-state index in [-0.39, 0.29) is 0 Å². The first kappa shape index (κ1) is 11.2. The van der Waals surface area contributed by atoms with E-state index in [1.165, 1.54) is 0 Å². The zero-order chi connectivity index (χ0) is 9.97. The molecule has 0 atom stereocenters. The summed E-state index contributed by atoms with van der Waals surface area (Å²) in [5, 5.41) is 0. The van der Waals surface area contributed by atoms with Crippen LogP contribution in [0.2, 0.25) is 0 Å². The van der Waals surface area contributed by atoms with Crippen LogP contribution in [0.4, 0.5) is 0 Å². The van der Waals surface area contributed by atoms with Gasteiger partial charge < -0.3 is 8.83 Å². The molecule has 0 bridgehead atoms. The van der Waals surface area contributed by atoms with E-state index in [0.717, 1.165) is 16.9 Å². The molecule has 0 amide bonds. The largest absolute Gasteiger partial charge is 0.470 e. The Labute approximate surface area is 116 Å². The van der Waals surface area contributed by atoms with Crippen LogP contribution in [-0.2, 0) is 0 Å². The Morgan fingerprint density at radius 1 is 0.786 bits per heavy atom. The standard InChI is InChI=1S/C8H4I2O2S2/c9-5-1-11-3-7(5)13-14-8-4-12-2-6(8)10/h1-4H. The normalized spacial score (nSPS) is 10.7. The van der Waals surface area contributed by atoms with Crippen LogP contribution < -0.4 is 0 Å². The van der Waals surface area contributed by atoms with Gasteiger partial charge in [-0.1, -0.05) is 0 Å². The smallest absolute Gasteiger partial charge is 0.106 e. The van der Waals surface area contributed by atoms with Crippen molar-refractivity contribution in [1.29, 1.82) is 0 Å². The molecule has 2 rings (SSSR count). The topological polar surface area (TPSA) is 26.3 Å². The van der Waals surface area contributed by atoms with Crippen LogP contribution in [0.5, 0.6) is 0 Å². The third-order valence-corrected chi connectivity index (χ3v) is 6.19. The maximum Gasteiger partial charge on any atom is 0.106 e. The van der Waals surface area contributed by atoms with Crippen molar-refractivity contribution in [1.82, 2.24) is 0 Å². The maximum absolute atomic E-state index is 5.08. The third kappa shape index (κ3) is 2.64. The van der Waals surface area contributed by atoms with Crippen LogP contribution in [0.3, 0.4) is 0 Å². The van der Waals surface area contributed by atoms with E-state index in [9.17, 15) is 0 Å². The predicted octanol–water partition coefficient (Wildman–Crippen LogP) is 4.88. The van der Waals surface area contributed by atoms with Gasteiger partial charge in [0.2, 0.25) is 0 Å². The van der Waals surface area contributed by atoms with E-state index in [0.29, 0.717) is 0 Å². The van der Waals surface area contributed by atoms with E-state index in [2.05, 4.69) is 45.2 Å². The number of halogens is 2. The van der Waals surface area contributed by atoms with Gasteiger partial charge in [-0.15, -0.1) is 0 Å². The molecule has 0 aliphatic heterocycles. The summed E-state index contributed by atoms with van der Waals surface area (Å²) in [4.78, 5) is 2.29. The molecule has 2 aromatic heterocycles. The fourth-order valence-corrected chi connectivity index (χ4v) is 4.79. The van der Waals surface area contributed by atoms with Gasteiger partial charge in [0.05, 0.1) is 16.9 Å². The van der Waals surface area contributed by atoms with Gasteiger partial charge in [0, 0.05) is 0 Å². The fourth-order valence-electron chi connectivity index (χ4n) is 0.749. The van der Waals surface area contributed by atoms with Gasteiger partial charge in [-0.3, -0.25) is 0 Å². The lowest BCUT2D eigenvalue weighted by atomic mass is 10.7. The zero-order valence-corrected chi connectivity index (χ0v) is 12.6. The summed E-state index contributed by atoms with van der Waals surface area (Å²) in [5.74, 6) is 0. The Bertz CT molecular complexity index is 384. The molecule has 14 heavy (non-hydrogen) atoms. The SMILES string of the molecule is Ic1cocc1SSc1cocc1I. The van der Waals surface area contributed by atoms with Crippen molar-refractivity contribution < 1.29 is 8.83 Å². The van der Waals surface area contributed by atoms with Crippen LogP contribution in [-0.4, -0.2) is 0 Å². The van der Waals surface area contributed by atoms with E-state index < -0.39 is 0 Å². The molecule has 0 radical (unpaired) electrons. The van der Waals surface area contributed by atoms with E-state index in [1.54, 1.807) is 46.6 Å². The molecule has 0 saturated carbocycles. The molecule has 0 fully saturated rings. The molecule has 6 heteroatoms. The van der Waals surface area contributed by atoms with Crippen molar-refractivity contribution in [2.24, 2.45) is 0 Å². The summed E-state index contributed by atoms with van der Waals surface area (Å²) < 4.78 is 12.4. The maximum atomic E-state index is 5.08. The second-order valence-corrected chi connectivity index (χ2v) is 6.87. The molecule has 2 heterocycles. The van der Waals surface area contributed by atoms with Crippen LogP contribution in [0.1, 0.15) is 0 Å². The second-order valence-electron chi connectivity index (χ2n) is 2.33. The summed E-state index contributed by atoms with van der Waals surface area (Å²) in [7, 11) is 3.35. The van der Waals surface area contributed by atoms with Crippen molar-refractivity contribution in [3.63, 3.8) is 0 Å². The van der Waals surface area contributed by atoms with Crippen LogP contribution in [0.15, 0.2) is 43.7 Å². The highest BCUT2D eigenvalue weighted by Gasteiger charge is 2.07. The first-order valence-electron chi connectivity index (χ1n) is 3.55. The lowest BCUT2D eigenvalue weighted by Crippen LogP contribution is -1.67. The summed E-state index contributed by atoms with van der Waals surface area (Å²) in [6, 6.07) is 0. The second kappa shape index (κ2) is 5.17. The number of rotatable bonds is 3. The zero-order valence-electron chi connectivity index (χ0n) is 6.70. The fraction of sp³-hybridized carbons (Fsp3) is 0. The molecule has 2 aromatic rings. The average Bonchev–Trinajstić information content (AvgIpc) is 2.72. The molecule has 2 nitrogen and oxygen atoms in total. The van der Waals surface area contributed by atoms with Crippen molar-refractivity contribution in [3.05, 3.63) is 32.2 Å². The molecular weight excluding hydrogens is 446 g/mol. The highest BCUT2D eigenvalue weighted by molar-refractivity contribution is 14.1. The summed E-state index contributed by atoms with van der Waals surface area (Å²) >= 11 is 4.50. The van der Waals surface area contributed by atoms with Gasteiger partial charge in [0.15, 0.2) is 0 Å². The quantitative estimate of drug-likeness (QED) is 0.492. The molecule has 0 aromatic carbocycles. The van der Waals surface area contributed by atoms with E-state index in [1.807, 2.05) is 0 Å². The van der Waals surface area contributed by atoms with E-state index in [4.69, 9.17) is 8.83 Å². The summed E-state index contributed by atoms with van der Waals surface area (Å²) in [6.07, 6.45) is 6.99. The molecule has 0 aliphatic carbocycles. The predicted molar refractivity (Wildman–Crippen MR) is 74.6 cm³/mol. The monoisotopic (exact) mass is 450 g/mol. The van der Waals surface area contributed by atoms with Gasteiger partial charge in [-0.25, -0.2) is 0 Å². The Morgan fingerprint density at radius 3 is 1.50 bits per heavy atom. The molecule has 0 saturated heterocycles. The first-order valence-corrected chi connectivity index (χ1v) is 7.86. The van der Waals surface area contributed by atoms with Gasteiger partial charge in [0.1, 0.15) is 25.1 Å². The van der Waals surface area contributed by atoms with Crippen LogP contribution in [0, 0.1) is 7.14 Å². The minimum Gasteiger partial charge on any atom is -0.470 e. The third-order valence-electron chi connectivity index (χ3n) is 1.39.